The van der Waals surface area contributed by atoms with E-state index in [1.54, 1.807) is 0 Å². The Kier molecular flexibility index (Phi) is 10.5. The third-order valence-electron chi connectivity index (χ3n) is 12.1. The summed E-state index contributed by atoms with van der Waals surface area (Å²) in [6.45, 7) is 0. The van der Waals surface area contributed by atoms with Gasteiger partial charge in [0.1, 0.15) is 5.82 Å². The van der Waals surface area contributed by atoms with E-state index >= 15 is 0 Å². The highest BCUT2D eigenvalue weighted by atomic mass is 15.0. The van der Waals surface area contributed by atoms with E-state index in [0.717, 1.165) is 75.4 Å². The average Bonchev–Trinajstić information content (AvgIpc) is 3.35. The number of rotatable bonds is 9. The fourth-order valence-electron chi connectivity index (χ4n) is 8.92. The highest BCUT2D eigenvalue weighted by Gasteiger charge is 2.30. The van der Waals surface area contributed by atoms with Crippen LogP contribution in [0.25, 0.3) is 50.9 Å². The molecule has 2 N–H and O–H groups in total. The van der Waals surface area contributed by atoms with E-state index in [1.165, 1.54) is 28.5 Å². The molecule has 61 heavy (non-hydrogen) atoms. The smallest absolute Gasteiger partial charge is 0.163 e. The number of hydrogen-bond acceptors (Lipinski definition) is 5. The molecule has 5 nitrogen and oxygen atoms in total. The van der Waals surface area contributed by atoms with Gasteiger partial charge >= 0.3 is 0 Å². The molecule has 0 amide bonds. The van der Waals surface area contributed by atoms with Gasteiger partial charge in [-0.1, -0.05) is 194 Å². The molecule has 294 valence electrons. The van der Waals surface area contributed by atoms with Crippen LogP contribution < -0.4 is 5.32 Å². The molecule has 6 aromatic rings. The molecule has 0 saturated carbocycles. The van der Waals surface area contributed by atoms with Gasteiger partial charge in [-0.2, -0.15) is 0 Å². The van der Waals surface area contributed by atoms with Crippen molar-refractivity contribution in [1.29, 1.82) is 5.41 Å². The van der Waals surface area contributed by atoms with Crippen molar-refractivity contribution in [2.24, 2.45) is 5.92 Å². The molecular weight excluding hydrogens is 743 g/mol. The minimum atomic E-state index is 0.0799. The van der Waals surface area contributed by atoms with Crippen molar-refractivity contribution in [2.75, 3.05) is 0 Å². The Bertz CT molecular complexity index is 2870. The van der Waals surface area contributed by atoms with E-state index in [4.69, 9.17) is 20.4 Å². The summed E-state index contributed by atoms with van der Waals surface area (Å²) in [5.41, 5.74) is 14.1. The minimum absolute atomic E-state index is 0.0799. The predicted molar refractivity (Wildman–Crippen MR) is 252 cm³/mol. The number of aromatic nitrogens is 3. The van der Waals surface area contributed by atoms with Crippen LogP contribution >= 0.6 is 0 Å². The van der Waals surface area contributed by atoms with Crippen LogP contribution in [0.2, 0.25) is 0 Å². The van der Waals surface area contributed by atoms with Crippen molar-refractivity contribution in [3.05, 3.63) is 240 Å². The van der Waals surface area contributed by atoms with Gasteiger partial charge in [-0.25, -0.2) is 15.0 Å². The first kappa shape index (κ1) is 37.7. The highest BCUT2D eigenvalue weighted by Crippen LogP contribution is 2.46. The molecule has 5 heteroatoms. The lowest BCUT2D eigenvalue weighted by Gasteiger charge is -2.33. The van der Waals surface area contributed by atoms with Gasteiger partial charge in [0.15, 0.2) is 11.6 Å². The molecule has 4 aliphatic rings. The fourth-order valence-corrected chi connectivity index (χ4v) is 8.92. The van der Waals surface area contributed by atoms with E-state index in [9.17, 15) is 0 Å². The SMILES string of the molecule is N=C/C(=C1\NC(c2ccccc2)=C(C2C=CC=C(c3cccc(-c4nc(-c5ccc(C6C=CC=CC6)cc5)nc(C5C=CC=CC5)n4)c3)C2)c2ccccc21)c1ccccc1. The van der Waals surface area contributed by atoms with E-state index in [2.05, 4.69) is 187 Å². The topological polar surface area (TPSA) is 74.6 Å². The first-order valence-electron chi connectivity index (χ1n) is 21.2. The van der Waals surface area contributed by atoms with Crippen molar-refractivity contribution < 1.29 is 0 Å². The van der Waals surface area contributed by atoms with Gasteiger partial charge in [-0.05, 0) is 64.3 Å². The van der Waals surface area contributed by atoms with Crippen LogP contribution in [0.15, 0.2) is 200 Å². The number of allylic oxidation sites excluding steroid dienone is 14. The molecule has 0 radical (unpaired) electrons. The summed E-state index contributed by atoms with van der Waals surface area (Å²) < 4.78 is 0. The van der Waals surface area contributed by atoms with Crippen LogP contribution in [0.4, 0.5) is 0 Å². The Labute approximate surface area is 357 Å². The van der Waals surface area contributed by atoms with Crippen LogP contribution in [0.3, 0.4) is 0 Å². The number of nitrogens with zero attached hydrogens (tertiary/aromatic N) is 3. The van der Waals surface area contributed by atoms with Crippen molar-refractivity contribution in [1.82, 2.24) is 20.3 Å². The van der Waals surface area contributed by atoms with Crippen LogP contribution in [0.5, 0.6) is 0 Å². The van der Waals surface area contributed by atoms with E-state index in [0.29, 0.717) is 17.6 Å². The van der Waals surface area contributed by atoms with Gasteiger partial charge in [0.2, 0.25) is 0 Å². The van der Waals surface area contributed by atoms with Crippen LogP contribution in [-0.4, -0.2) is 21.2 Å². The highest BCUT2D eigenvalue weighted by molar-refractivity contribution is 6.21. The molecule has 3 atom stereocenters. The molecule has 3 unspecified atom stereocenters. The lowest BCUT2D eigenvalue weighted by molar-refractivity contribution is 0.764. The van der Waals surface area contributed by atoms with Crippen LogP contribution in [0.1, 0.15) is 70.3 Å². The normalized spacial score (nSPS) is 19.9. The molecule has 0 spiro atoms. The molecule has 1 aromatic heterocycles. The predicted octanol–water partition coefficient (Wildman–Crippen LogP) is 13.1. The Morgan fingerprint density at radius 2 is 1.20 bits per heavy atom. The third kappa shape index (κ3) is 7.74. The lowest BCUT2D eigenvalue weighted by Crippen LogP contribution is -2.23. The summed E-state index contributed by atoms with van der Waals surface area (Å²) in [5, 5.41) is 12.5. The number of hydrogen-bond donors (Lipinski definition) is 2. The molecule has 5 aromatic carbocycles. The standard InChI is InChI=1S/C56H45N5/c57-37-50(40-19-7-2-8-20-40)53-49-30-14-13-29-48(49)51(52(58-53)41-21-9-3-10-22-41)46-27-15-25-44(35-46)45-26-16-28-47(36-45)56-60-54(42-23-11-4-12-24-42)59-55(61-56)43-33-31-39(32-34-43)38-17-5-1-6-18-38/h1-17,19-23,25-34,36-38,42,46,57-58H,18,24,35H2/b53-50+,57-37?. The van der Waals surface area contributed by atoms with Crippen molar-refractivity contribution in [3.8, 4) is 22.8 Å². The monoisotopic (exact) mass is 787 g/mol. The molecular formula is C56H45N5. The Balaban J connectivity index is 1.01. The summed E-state index contributed by atoms with van der Waals surface area (Å²) in [6.07, 6.45) is 28.2. The van der Waals surface area contributed by atoms with Crippen LogP contribution in [-0.2, 0) is 0 Å². The molecule has 0 fully saturated rings. The zero-order chi connectivity index (χ0) is 41.0. The minimum Gasteiger partial charge on any atom is -0.354 e. The second-order valence-corrected chi connectivity index (χ2v) is 15.9. The van der Waals surface area contributed by atoms with Crippen molar-refractivity contribution in [2.45, 2.75) is 31.1 Å². The fraction of sp³-hybridized carbons (Fsp3) is 0.107. The van der Waals surface area contributed by atoms with Gasteiger partial charge in [0.05, 0.1) is 11.4 Å². The van der Waals surface area contributed by atoms with E-state index in [1.807, 2.05) is 18.2 Å². The van der Waals surface area contributed by atoms with Gasteiger partial charge < -0.3 is 10.7 Å². The summed E-state index contributed by atoms with van der Waals surface area (Å²) in [4.78, 5) is 15.4. The summed E-state index contributed by atoms with van der Waals surface area (Å²) >= 11 is 0. The van der Waals surface area contributed by atoms with Gasteiger partial charge in [-0.3, -0.25) is 0 Å². The molecule has 1 aliphatic heterocycles. The summed E-state index contributed by atoms with van der Waals surface area (Å²) in [5.74, 6) is 2.70. The van der Waals surface area contributed by atoms with Crippen molar-refractivity contribution >= 4 is 34.3 Å². The summed E-state index contributed by atoms with van der Waals surface area (Å²) in [7, 11) is 0. The molecule has 2 heterocycles. The quantitative estimate of drug-likeness (QED) is 0.143. The Hall–Kier alpha value is -7.50. The zero-order valence-corrected chi connectivity index (χ0v) is 33.8. The largest absolute Gasteiger partial charge is 0.354 e. The zero-order valence-electron chi connectivity index (χ0n) is 33.8. The van der Waals surface area contributed by atoms with Gasteiger partial charge in [-0.15, -0.1) is 0 Å². The maximum absolute atomic E-state index is 8.58. The number of nitrogens with one attached hydrogen (secondary N) is 2. The Morgan fingerprint density at radius 3 is 1.92 bits per heavy atom. The second kappa shape index (κ2) is 17.0. The first-order chi connectivity index (χ1) is 30.2. The first-order valence-corrected chi connectivity index (χ1v) is 21.2. The summed E-state index contributed by atoms with van der Waals surface area (Å²) in [6, 6.07) is 46.8. The maximum atomic E-state index is 8.58. The van der Waals surface area contributed by atoms with Gasteiger partial charge in [0, 0.05) is 46.2 Å². The molecule has 0 saturated heterocycles. The number of benzene rings is 5. The van der Waals surface area contributed by atoms with E-state index in [-0.39, 0.29) is 11.8 Å². The molecule has 3 aliphatic carbocycles. The van der Waals surface area contributed by atoms with Gasteiger partial charge in [0.25, 0.3) is 0 Å². The molecule has 0 bridgehead atoms. The van der Waals surface area contributed by atoms with E-state index < -0.39 is 0 Å². The molecule has 10 rings (SSSR count). The third-order valence-corrected chi connectivity index (χ3v) is 12.1. The number of fused-ring (bicyclic) bond motifs is 1. The average molecular weight is 788 g/mol. The lowest BCUT2D eigenvalue weighted by atomic mass is 9.77. The second-order valence-electron chi connectivity index (χ2n) is 15.9. The Morgan fingerprint density at radius 1 is 0.557 bits per heavy atom. The van der Waals surface area contributed by atoms with Crippen LogP contribution in [0, 0.1) is 11.3 Å². The van der Waals surface area contributed by atoms with Crippen molar-refractivity contribution in [3.63, 3.8) is 0 Å². The maximum Gasteiger partial charge on any atom is 0.163 e.